The summed E-state index contributed by atoms with van der Waals surface area (Å²) < 4.78 is 0. The van der Waals surface area contributed by atoms with E-state index in [-0.39, 0.29) is 11.8 Å². The van der Waals surface area contributed by atoms with Crippen molar-refractivity contribution >= 4 is 23.3 Å². The monoisotopic (exact) mass is 343 g/mol. The fourth-order valence-electron chi connectivity index (χ4n) is 3.76. The molecule has 0 aromatic heterocycles. The lowest BCUT2D eigenvalue weighted by molar-refractivity contribution is -0.136. The lowest BCUT2D eigenvalue weighted by Gasteiger charge is -2.23. The van der Waals surface area contributed by atoms with E-state index in [0.717, 1.165) is 19.5 Å². The number of nitrogens with one attached hydrogen (secondary N) is 2. The zero-order valence-electron chi connectivity index (χ0n) is 14.6. The lowest BCUT2D eigenvalue weighted by atomic mass is 10.1. The molecule has 1 saturated carbocycles. The molecule has 1 aromatic rings. The SMILES string of the molecule is CC(=O)c1cccc(NC(=O)C(=O)NC2CCN(C3CCCC3)C2)c1. The maximum absolute atomic E-state index is 12.1. The highest BCUT2D eigenvalue weighted by molar-refractivity contribution is 6.39. The molecule has 0 spiro atoms. The van der Waals surface area contributed by atoms with E-state index in [2.05, 4.69) is 15.5 Å². The van der Waals surface area contributed by atoms with Crippen molar-refractivity contribution in [3.63, 3.8) is 0 Å². The van der Waals surface area contributed by atoms with Crippen LogP contribution in [0, 0.1) is 0 Å². The molecule has 1 aliphatic carbocycles. The third-order valence-corrected chi connectivity index (χ3v) is 5.13. The van der Waals surface area contributed by atoms with Gasteiger partial charge >= 0.3 is 11.8 Å². The topological polar surface area (TPSA) is 78.5 Å². The minimum absolute atomic E-state index is 0.0300. The first kappa shape index (κ1) is 17.6. The molecule has 1 unspecified atom stereocenters. The Morgan fingerprint density at radius 1 is 1.08 bits per heavy atom. The van der Waals surface area contributed by atoms with E-state index in [4.69, 9.17) is 0 Å². The average molecular weight is 343 g/mol. The van der Waals surface area contributed by atoms with Crippen molar-refractivity contribution in [1.29, 1.82) is 0 Å². The quantitative estimate of drug-likeness (QED) is 0.647. The van der Waals surface area contributed by atoms with Crippen LogP contribution in [0.3, 0.4) is 0 Å². The number of carbonyl (C=O) groups is 3. The minimum atomic E-state index is -0.694. The number of Topliss-reactive ketones (excluding diaryl/α,β-unsaturated/α-hetero) is 1. The van der Waals surface area contributed by atoms with E-state index in [0.29, 0.717) is 17.3 Å². The summed E-state index contributed by atoms with van der Waals surface area (Å²) in [6, 6.07) is 7.27. The summed E-state index contributed by atoms with van der Waals surface area (Å²) in [5.41, 5.74) is 0.952. The van der Waals surface area contributed by atoms with Gasteiger partial charge in [-0.3, -0.25) is 19.3 Å². The third kappa shape index (κ3) is 4.45. The van der Waals surface area contributed by atoms with Gasteiger partial charge in [0, 0.05) is 36.4 Å². The average Bonchev–Trinajstić information content (AvgIpc) is 3.26. The van der Waals surface area contributed by atoms with Gasteiger partial charge in [0.15, 0.2) is 5.78 Å². The predicted molar refractivity (Wildman–Crippen MR) is 95.5 cm³/mol. The van der Waals surface area contributed by atoms with Crippen molar-refractivity contribution in [3.8, 4) is 0 Å². The smallest absolute Gasteiger partial charge is 0.313 e. The number of carbonyl (C=O) groups excluding carboxylic acids is 3. The Balaban J connectivity index is 1.50. The molecule has 1 heterocycles. The molecule has 25 heavy (non-hydrogen) atoms. The van der Waals surface area contributed by atoms with Crippen LogP contribution in [0.4, 0.5) is 5.69 Å². The van der Waals surface area contributed by atoms with Crippen molar-refractivity contribution in [1.82, 2.24) is 10.2 Å². The van der Waals surface area contributed by atoms with Crippen molar-refractivity contribution in [2.45, 2.75) is 51.1 Å². The van der Waals surface area contributed by atoms with Crippen molar-refractivity contribution in [2.24, 2.45) is 0 Å². The minimum Gasteiger partial charge on any atom is -0.344 e. The number of rotatable bonds is 4. The van der Waals surface area contributed by atoms with Crippen LogP contribution in [-0.2, 0) is 9.59 Å². The second-order valence-electron chi connectivity index (χ2n) is 6.98. The fourth-order valence-corrected chi connectivity index (χ4v) is 3.76. The molecule has 2 amide bonds. The maximum atomic E-state index is 12.1. The Labute approximate surface area is 148 Å². The van der Waals surface area contributed by atoms with Gasteiger partial charge in [-0.1, -0.05) is 25.0 Å². The zero-order valence-corrected chi connectivity index (χ0v) is 14.6. The first-order chi connectivity index (χ1) is 12.0. The largest absolute Gasteiger partial charge is 0.344 e. The van der Waals surface area contributed by atoms with Crippen molar-refractivity contribution < 1.29 is 14.4 Å². The van der Waals surface area contributed by atoms with Crippen LogP contribution in [0.2, 0.25) is 0 Å². The van der Waals surface area contributed by atoms with Gasteiger partial charge in [-0.25, -0.2) is 0 Å². The predicted octanol–water partition coefficient (Wildman–Crippen LogP) is 1.96. The number of hydrogen-bond donors (Lipinski definition) is 2. The third-order valence-electron chi connectivity index (χ3n) is 5.13. The fraction of sp³-hybridized carbons (Fsp3) is 0.526. The molecule has 2 N–H and O–H groups in total. The Kier molecular flexibility index (Phi) is 5.48. The van der Waals surface area contributed by atoms with E-state index in [1.807, 2.05) is 0 Å². The Morgan fingerprint density at radius 3 is 2.56 bits per heavy atom. The summed E-state index contributed by atoms with van der Waals surface area (Å²) in [7, 11) is 0. The molecular weight excluding hydrogens is 318 g/mol. The zero-order chi connectivity index (χ0) is 17.8. The highest BCUT2D eigenvalue weighted by Gasteiger charge is 2.31. The summed E-state index contributed by atoms with van der Waals surface area (Å²) in [6.07, 6.45) is 5.95. The summed E-state index contributed by atoms with van der Waals surface area (Å²) in [5, 5.41) is 5.39. The summed E-state index contributed by atoms with van der Waals surface area (Å²) in [4.78, 5) is 38.1. The molecular formula is C19H25N3O3. The van der Waals surface area contributed by atoms with E-state index in [1.165, 1.54) is 32.6 Å². The van der Waals surface area contributed by atoms with Crippen LogP contribution in [-0.4, -0.2) is 47.7 Å². The van der Waals surface area contributed by atoms with E-state index in [1.54, 1.807) is 24.3 Å². The number of amides is 2. The molecule has 6 nitrogen and oxygen atoms in total. The molecule has 2 aliphatic rings. The first-order valence-corrected chi connectivity index (χ1v) is 9.00. The van der Waals surface area contributed by atoms with Gasteiger partial charge in [0.05, 0.1) is 0 Å². The number of ketones is 1. The molecule has 1 aliphatic heterocycles. The van der Waals surface area contributed by atoms with Gasteiger partial charge in [0.1, 0.15) is 0 Å². The molecule has 1 saturated heterocycles. The highest BCUT2D eigenvalue weighted by atomic mass is 16.2. The summed E-state index contributed by atoms with van der Waals surface area (Å²) >= 11 is 0. The maximum Gasteiger partial charge on any atom is 0.313 e. The van der Waals surface area contributed by atoms with Gasteiger partial charge in [-0.15, -0.1) is 0 Å². The molecule has 0 bridgehead atoms. The Bertz CT molecular complexity index is 668. The molecule has 3 rings (SSSR count). The second kappa shape index (κ2) is 7.78. The Morgan fingerprint density at radius 2 is 1.84 bits per heavy atom. The van der Waals surface area contributed by atoms with Gasteiger partial charge < -0.3 is 10.6 Å². The van der Waals surface area contributed by atoms with E-state index >= 15 is 0 Å². The van der Waals surface area contributed by atoms with Crippen molar-refractivity contribution in [2.75, 3.05) is 18.4 Å². The normalized spacial score (nSPS) is 21.2. The van der Waals surface area contributed by atoms with Crippen LogP contribution in [0.1, 0.15) is 49.4 Å². The second-order valence-corrected chi connectivity index (χ2v) is 6.98. The molecule has 2 fully saturated rings. The molecule has 0 radical (unpaired) electrons. The molecule has 134 valence electrons. The molecule has 1 atom stereocenters. The Hall–Kier alpha value is -2.21. The van der Waals surface area contributed by atoms with Crippen LogP contribution in [0.5, 0.6) is 0 Å². The van der Waals surface area contributed by atoms with E-state index < -0.39 is 11.8 Å². The number of benzene rings is 1. The number of anilines is 1. The first-order valence-electron chi connectivity index (χ1n) is 9.00. The van der Waals surface area contributed by atoms with Gasteiger partial charge in [0.25, 0.3) is 0 Å². The lowest BCUT2D eigenvalue weighted by Crippen LogP contribution is -2.43. The highest BCUT2D eigenvalue weighted by Crippen LogP contribution is 2.26. The van der Waals surface area contributed by atoms with E-state index in [9.17, 15) is 14.4 Å². The van der Waals surface area contributed by atoms with Crippen molar-refractivity contribution in [3.05, 3.63) is 29.8 Å². The molecule has 1 aromatic carbocycles. The van der Waals surface area contributed by atoms with Crippen LogP contribution in [0.25, 0.3) is 0 Å². The number of likely N-dealkylation sites (tertiary alicyclic amines) is 1. The number of hydrogen-bond acceptors (Lipinski definition) is 4. The van der Waals surface area contributed by atoms with Crippen LogP contribution in [0.15, 0.2) is 24.3 Å². The summed E-state index contributed by atoms with van der Waals surface area (Å²) in [6.45, 7) is 3.27. The van der Waals surface area contributed by atoms with Gasteiger partial charge in [0.2, 0.25) is 0 Å². The molecule has 6 heteroatoms. The van der Waals surface area contributed by atoms with Gasteiger partial charge in [-0.05, 0) is 38.3 Å². The van der Waals surface area contributed by atoms with Gasteiger partial charge in [-0.2, -0.15) is 0 Å². The van der Waals surface area contributed by atoms with Crippen LogP contribution >= 0.6 is 0 Å². The summed E-state index contributed by atoms with van der Waals surface area (Å²) in [5.74, 6) is -1.40. The van der Waals surface area contributed by atoms with Crippen LogP contribution < -0.4 is 10.6 Å². The standard InChI is InChI=1S/C19H25N3O3/c1-13(23)14-5-4-6-15(11-14)20-18(24)19(25)21-16-9-10-22(12-16)17-7-2-3-8-17/h4-6,11,16-17H,2-3,7-10,12H2,1H3,(H,20,24)(H,21,25). The number of nitrogens with zero attached hydrogens (tertiary/aromatic N) is 1.